The Kier molecular flexibility index (Phi) is 6.64. The minimum Gasteiger partial charge on any atom is -0.664 e. The zero-order valence-corrected chi connectivity index (χ0v) is 24.1. The average Bonchev–Trinajstić information content (AvgIpc) is 3.61. The normalized spacial score (nSPS) is 24.4. The number of rotatable bonds is 3. The molecule has 8 bridgehead atoms. The van der Waals surface area contributed by atoms with Crippen molar-refractivity contribution < 1.29 is 9.90 Å². The summed E-state index contributed by atoms with van der Waals surface area (Å²) in [4.78, 5) is 27.3. The van der Waals surface area contributed by atoms with E-state index in [1.165, 1.54) is 5.56 Å². The predicted molar refractivity (Wildman–Crippen MR) is 152 cm³/mol. The molecule has 1 N–H and O–H groups in total. The van der Waals surface area contributed by atoms with Crippen LogP contribution in [0.15, 0.2) is 18.0 Å². The van der Waals surface area contributed by atoms with Gasteiger partial charge in [0.2, 0.25) is 0 Å². The SMILES string of the molecule is C=Cc1c2[n-]c(c1C)/C=C1\[N-]/C(=C3\c4[n-]c(c(C)c4C[C@@H]3C(=O)O)/C=c3\[n-]/c(c(C)c3CC)=C\2)C[C@@H]1C.[Mg+2]. The van der Waals surface area contributed by atoms with Gasteiger partial charge in [-0.1, -0.05) is 78.1 Å². The van der Waals surface area contributed by atoms with Gasteiger partial charge in [0, 0.05) is 0 Å². The number of aliphatic carboxylic acids is 1. The molecule has 3 aromatic rings. The summed E-state index contributed by atoms with van der Waals surface area (Å²) in [6.07, 6.45) is 10.0. The molecular weight excluding hydrogens is 485 g/mol. The van der Waals surface area contributed by atoms with E-state index in [1.54, 1.807) is 0 Å². The Morgan fingerprint density at radius 2 is 1.71 bits per heavy atom. The first-order valence-corrected chi connectivity index (χ1v) is 12.9. The summed E-state index contributed by atoms with van der Waals surface area (Å²) in [7, 11) is 0. The zero-order valence-electron chi connectivity index (χ0n) is 22.6. The van der Waals surface area contributed by atoms with E-state index in [-0.39, 0.29) is 29.0 Å². The molecule has 0 amide bonds. The van der Waals surface area contributed by atoms with Gasteiger partial charge in [-0.05, 0) is 51.5 Å². The third-order valence-electron chi connectivity index (χ3n) is 8.33. The van der Waals surface area contributed by atoms with Crippen LogP contribution in [0.1, 0.15) is 76.4 Å². The Labute approximate surface area is 238 Å². The minimum absolute atomic E-state index is 0. The number of aromatic nitrogens is 3. The summed E-state index contributed by atoms with van der Waals surface area (Å²) in [5.74, 6) is -1.29. The Hall–Kier alpha value is -3.16. The molecule has 0 radical (unpaired) electrons. The molecule has 3 aromatic heterocycles. The number of hydrogen-bond donors (Lipinski definition) is 1. The topological polar surface area (TPSA) is 93.7 Å². The van der Waals surface area contributed by atoms with Crippen LogP contribution >= 0.6 is 0 Å². The van der Waals surface area contributed by atoms with Crippen molar-refractivity contribution >= 4 is 58.9 Å². The predicted octanol–water partition coefficient (Wildman–Crippen LogP) is 3.70. The summed E-state index contributed by atoms with van der Waals surface area (Å²) in [6, 6.07) is 0. The van der Waals surface area contributed by atoms with Crippen LogP contribution in [0, 0.1) is 32.6 Å². The zero-order chi connectivity index (χ0) is 26.2. The van der Waals surface area contributed by atoms with Gasteiger partial charge in [0.25, 0.3) is 0 Å². The number of hydrogen-bond acceptors (Lipinski definition) is 1. The van der Waals surface area contributed by atoms with E-state index in [0.29, 0.717) is 12.8 Å². The van der Waals surface area contributed by atoms with Crippen LogP contribution in [0.2, 0.25) is 0 Å². The molecule has 6 rings (SSSR count). The van der Waals surface area contributed by atoms with E-state index >= 15 is 0 Å². The summed E-state index contributed by atoms with van der Waals surface area (Å²) in [5, 5.41) is 16.9. The van der Waals surface area contributed by atoms with Gasteiger partial charge in [0.15, 0.2) is 0 Å². The van der Waals surface area contributed by atoms with E-state index in [1.807, 2.05) is 19.1 Å². The first kappa shape index (κ1) is 26.4. The molecule has 38 heavy (non-hydrogen) atoms. The third kappa shape index (κ3) is 3.86. The van der Waals surface area contributed by atoms with Crippen molar-refractivity contribution in [1.82, 2.24) is 15.0 Å². The third-order valence-corrected chi connectivity index (χ3v) is 8.33. The number of carbonyl (C=O) groups is 1. The van der Waals surface area contributed by atoms with E-state index in [0.717, 1.165) is 84.7 Å². The molecule has 1 saturated heterocycles. The van der Waals surface area contributed by atoms with Crippen LogP contribution in [0.25, 0.3) is 35.2 Å². The first-order valence-electron chi connectivity index (χ1n) is 12.9. The van der Waals surface area contributed by atoms with Gasteiger partial charge < -0.3 is 25.4 Å². The van der Waals surface area contributed by atoms with Gasteiger partial charge in [-0.15, -0.1) is 33.5 Å². The number of fused-ring (bicyclic) bond motifs is 7. The molecule has 190 valence electrons. The molecule has 5 heterocycles. The molecule has 0 saturated carbocycles. The van der Waals surface area contributed by atoms with Gasteiger partial charge in [-0.3, -0.25) is 4.79 Å². The molecule has 2 atom stereocenters. The van der Waals surface area contributed by atoms with E-state index in [4.69, 9.17) is 20.3 Å². The Morgan fingerprint density at radius 3 is 2.39 bits per heavy atom. The first-order chi connectivity index (χ1) is 17.7. The molecule has 1 aliphatic carbocycles. The monoisotopic (exact) mass is 514 g/mol. The van der Waals surface area contributed by atoms with Crippen molar-refractivity contribution in [3.05, 3.63) is 90.1 Å². The maximum atomic E-state index is 12.3. The van der Waals surface area contributed by atoms with Gasteiger partial charge in [0.05, 0.1) is 5.92 Å². The van der Waals surface area contributed by atoms with E-state index in [9.17, 15) is 9.90 Å². The van der Waals surface area contributed by atoms with Crippen LogP contribution in [0.4, 0.5) is 0 Å². The Balaban J connectivity index is 0.00000294. The second kappa shape index (κ2) is 9.54. The van der Waals surface area contributed by atoms with Crippen molar-refractivity contribution in [3.8, 4) is 0 Å². The van der Waals surface area contributed by atoms with Crippen molar-refractivity contribution in [1.29, 1.82) is 0 Å². The molecule has 0 unspecified atom stereocenters. The second-order valence-electron chi connectivity index (χ2n) is 10.4. The molecule has 0 spiro atoms. The molecular formula is C31H30MgN4O2-2. The van der Waals surface area contributed by atoms with Gasteiger partial charge in [-0.25, -0.2) is 0 Å². The van der Waals surface area contributed by atoms with Gasteiger partial charge >= 0.3 is 29.0 Å². The maximum absolute atomic E-state index is 12.3. The molecule has 1 fully saturated rings. The largest absolute Gasteiger partial charge is 2.00 e. The number of nitrogens with zero attached hydrogens (tertiary/aromatic N) is 4. The standard InChI is InChI=1S/C31H30N4O2.Mg/c1-7-18-15(4)23-11-22-14(3)9-28(32-22)29-21(31(36)37)10-20-17(6)25(35-30(20)29)13-27-19(8-2)16(5)24(34-27)12-26(18)33-23;/h7,11-14,21H,1,8-10H2,2-6H3,(H,36,37);/q-4;+2/b22-11-,24-12-,27-13-,29-28-;/t14-,21-;/m0./s1. The number of allylic oxidation sites excluding steroid dienone is 2. The summed E-state index contributed by atoms with van der Waals surface area (Å²) < 4.78 is 0. The molecule has 2 aliphatic heterocycles. The van der Waals surface area contributed by atoms with Crippen LogP contribution in [0.5, 0.6) is 0 Å². The summed E-state index contributed by atoms with van der Waals surface area (Å²) in [6.45, 7) is 14.5. The maximum Gasteiger partial charge on any atom is 2.00 e. The number of carboxylic acid groups (broad SMARTS) is 1. The summed E-state index contributed by atoms with van der Waals surface area (Å²) >= 11 is 0. The van der Waals surface area contributed by atoms with Gasteiger partial charge in [0.1, 0.15) is 0 Å². The van der Waals surface area contributed by atoms with Crippen LogP contribution in [-0.2, 0) is 17.6 Å². The fraction of sp³-hybridized carbons (Fsp3) is 0.323. The number of carboxylic acids is 1. The van der Waals surface area contributed by atoms with Crippen LogP contribution < -0.4 is 25.7 Å². The van der Waals surface area contributed by atoms with Crippen molar-refractivity contribution in [2.75, 3.05) is 0 Å². The van der Waals surface area contributed by atoms with E-state index < -0.39 is 11.9 Å². The second-order valence-corrected chi connectivity index (χ2v) is 10.4. The molecule has 6 nitrogen and oxygen atoms in total. The van der Waals surface area contributed by atoms with Crippen molar-refractivity contribution in [2.24, 2.45) is 11.8 Å². The fourth-order valence-electron chi connectivity index (χ4n) is 6.13. The van der Waals surface area contributed by atoms with Crippen molar-refractivity contribution in [3.63, 3.8) is 0 Å². The average molecular weight is 515 g/mol. The van der Waals surface area contributed by atoms with Crippen molar-refractivity contribution in [2.45, 2.75) is 53.9 Å². The smallest absolute Gasteiger partial charge is 0.664 e. The van der Waals surface area contributed by atoms with Gasteiger partial charge in [-0.2, -0.15) is 11.4 Å². The molecule has 0 aromatic carbocycles. The molecule has 3 aliphatic rings. The van der Waals surface area contributed by atoms with Crippen LogP contribution in [0.3, 0.4) is 0 Å². The van der Waals surface area contributed by atoms with E-state index in [2.05, 4.69) is 46.4 Å². The minimum atomic E-state index is -0.823. The fourth-order valence-corrected chi connectivity index (χ4v) is 6.13. The van der Waals surface area contributed by atoms with Crippen LogP contribution in [-0.4, -0.2) is 34.1 Å². The molecule has 7 heteroatoms. The Morgan fingerprint density at radius 1 is 1.00 bits per heavy atom. The quantitative estimate of drug-likeness (QED) is 0.538. The Bertz CT molecular complexity index is 1690. The summed E-state index contributed by atoms with van der Waals surface area (Å²) in [5.41, 5.74) is 12.3.